The Kier molecular flexibility index (Phi) is 5.43. The van der Waals surface area contributed by atoms with Crippen LogP contribution in [-0.4, -0.2) is 30.5 Å². The predicted molar refractivity (Wildman–Crippen MR) is 101 cm³/mol. The minimum Gasteiger partial charge on any atom is -0.324 e. The zero-order valence-corrected chi connectivity index (χ0v) is 14.7. The highest BCUT2D eigenvalue weighted by molar-refractivity contribution is 5.92. The largest absolute Gasteiger partial charge is 0.324 e. The quantitative estimate of drug-likeness (QED) is 0.640. The van der Waals surface area contributed by atoms with Gasteiger partial charge in [-0.15, -0.1) is 0 Å². The smallest absolute Gasteiger partial charge is 0.279 e. The molecule has 0 saturated carbocycles. The molecule has 1 amide bonds. The second-order valence-corrected chi connectivity index (χ2v) is 6.53. The third-order valence-corrected chi connectivity index (χ3v) is 4.65. The van der Waals surface area contributed by atoms with Crippen LogP contribution in [0.25, 0.3) is 5.57 Å². The molecule has 6 nitrogen and oxygen atoms in total. The molecule has 26 heavy (non-hydrogen) atoms. The van der Waals surface area contributed by atoms with Crippen LogP contribution in [-0.2, 0) is 4.79 Å². The first-order valence-corrected chi connectivity index (χ1v) is 8.66. The van der Waals surface area contributed by atoms with Crippen LogP contribution in [0.4, 0.5) is 11.4 Å². The molecular weight excluding hydrogens is 330 g/mol. The zero-order chi connectivity index (χ0) is 18.5. The third kappa shape index (κ3) is 4.34. The summed E-state index contributed by atoms with van der Waals surface area (Å²) in [7, 11) is 0. The molecule has 2 aromatic rings. The minimum absolute atomic E-state index is 0.0216. The molecule has 0 aromatic heterocycles. The molecule has 0 spiro atoms. The van der Waals surface area contributed by atoms with Gasteiger partial charge in [-0.3, -0.25) is 14.9 Å². The maximum atomic E-state index is 12.3. The van der Waals surface area contributed by atoms with Crippen molar-refractivity contribution >= 4 is 22.9 Å². The normalized spacial score (nSPS) is 16.7. The van der Waals surface area contributed by atoms with Gasteiger partial charge in [0.25, 0.3) is 11.6 Å². The number of nitro benzene ring substituents is 1. The number of rotatable bonds is 5. The number of amides is 1. The fraction of sp³-hybridized carbons (Fsp3) is 0.250. The van der Waals surface area contributed by atoms with E-state index >= 15 is 0 Å². The first-order valence-electron chi connectivity index (χ1n) is 8.66. The number of hydrogen-bond donors (Lipinski definition) is 2. The van der Waals surface area contributed by atoms with Gasteiger partial charge in [0.05, 0.1) is 23.7 Å². The summed E-state index contributed by atoms with van der Waals surface area (Å²) in [5, 5.41) is 13.7. The van der Waals surface area contributed by atoms with Gasteiger partial charge in [0.2, 0.25) is 0 Å². The number of aryl methyl sites for hydroxylation is 1. The van der Waals surface area contributed by atoms with E-state index in [1.807, 2.05) is 25.1 Å². The van der Waals surface area contributed by atoms with Gasteiger partial charge in [0.1, 0.15) is 0 Å². The van der Waals surface area contributed by atoms with Crippen molar-refractivity contribution in [3.63, 3.8) is 0 Å². The average molecular weight is 352 g/mol. The Morgan fingerprint density at radius 2 is 2.00 bits per heavy atom. The number of nitrogens with zero attached hydrogens (tertiary/aromatic N) is 1. The molecule has 3 rings (SSSR count). The topological polar surface area (TPSA) is 76.7 Å². The van der Waals surface area contributed by atoms with Crippen LogP contribution in [0.3, 0.4) is 0 Å². The number of anilines is 1. The van der Waals surface area contributed by atoms with Crippen molar-refractivity contribution in [2.75, 3.05) is 25.0 Å². The molecule has 1 atom stereocenters. The van der Waals surface area contributed by atoms with Gasteiger partial charge in [-0.05, 0) is 29.7 Å². The highest BCUT2D eigenvalue weighted by Gasteiger charge is 2.20. The lowest BCUT2D eigenvalue weighted by atomic mass is 10.00. The second-order valence-electron chi connectivity index (χ2n) is 6.53. The van der Waals surface area contributed by atoms with E-state index in [-0.39, 0.29) is 11.6 Å². The number of carbonyl (C=O) groups is 1. The molecule has 1 aliphatic heterocycles. The van der Waals surface area contributed by atoms with Gasteiger partial charge < -0.3 is 10.2 Å². The van der Waals surface area contributed by atoms with Crippen molar-refractivity contribution < 1.29 is 14.6 Å². The molecular formula is C20H22N3O3+. The summed E-state index contributed by atoms with van der Waals surface area (Å²) in [6.45, 7) is 3.86. The van der Waals surface area contributed by atoms with E-state index in [0.29, 0.717) is 12.2 Å². The molecule has 134 valence electrons. The van der Waals surface area contributed by atoms with Crippen molar-refractivity contribution in [3.05, 3.63) is 75.8 Å². The summed E-state index contributed by atoms with van der Waals surface area (Å²) in [4.78, 5) is 24.0. The fourth-order valence-electron chi connectivity index (χ4n) is 3.14. The second kappa shape index (κ2) is 7.93. The summed E-state index contributed by atoms with van der Waals surface area (Å²) < 4.78 is 0. The molecule has 0 fully saturated rings. The monoisotopic (exact) mass is 352 g/mol. The number of quaternary nitrogens is 1. The molecule has 0 aliphatic carbocycles. The summed E-state index contributed by atoms with van der Waals surface area (Å²) in [6.07, 6.45) is 3.13. The Morgan fingerprint density at radius 1 is 1.23 bits per heavy atom. The standard InChI is InChI=1S/C20H21N3O3/c1-15-7-8-18(23(25)26)13-19(15)21-20(24)14-22-11-9-17(10-12-22)16-5-3-2-4-6-16/h2-9,13H,10-12,14H2,1H3,(H,21,24)/p+1. The minimum atomic E-state index is -0.457. The van der Waals surface area contributed by atoms with Crippen LogP contribution in [0.1, 0.15) is 17.5 Å². The molecule has 0 saturated heterocycles. The molecule has 1 unspecified atom stereocenters. The molecule has 6 heteroatoms. The van der Waals surface area contributed by atoms with Gasteiger partial charge in [-0.25, -0.2) is 0 Å². The van der Waals surface area contributed by atoms with Crippen molar-refractivity contribution in [1.82, 2.24) is 0 Å². The van der Waals surface area contributed by atoms with E-state index in [2.05, 4.69) is 23.5 Å². The van der Waals surface area contributed by atoms with Crippen LogP contribution in [0.5, 0.6) is 0 Å². The van der Waals surface area contributed by atoms with Gasteiger partial charge in [0.15, 0.2) is 6.54 Å². The van der Waals surface area contributed by atoms with Crippen molar-refractivity contribution in [3.8, 4) is 0 Å². The lowest BCUT2D eigenvalue weighted by Crippen LogP contribution is -3.13. The van der Waals surface area contributed by atoms with Crippen LogP contribution in [0, 0.1) is 17.0 Å². The van der Waals surface area contributed by atoms with Crippen LogP contribution in [0.15, 0.2) is 54.6 Å². The number of non-ortho nitro benzene ring substituents is 1. The molecule has 2 aromatic carbocycles. The average Bonchev–Trinajstić information content (AvgIpc) is 2.64. The van der Waals surface area contributed by atoms with Crippen molar-refractivity contribution in [1.29, 1.82) is 0 Å². The number of nitrogens with one attached hydrogen (secondary N) is 2. The molecule has 2 N–H and O–H groups in total. The van der Waals surface area contributed by atoms with E-state index in [4.69, 9.17) is 0 Å². The number of benzene rings is 2. The SMILES string of the molecule is Cc1ccc([N+](=O)[O-])cc1NC(=O)C[NH+]1CC=C(c2ccccc2)CC1. The van der Waals surface area contributed by atoms with E-state index in [9.17, 15) is 14.9 Å². The Hall–Kier alpha value is -2.99. The van der Waals surface area contributed by atoms with Crippen molar-refractivity contribution in [2.45, 2.75) is 13.3 Å². The Balaban J connectivity index is 1.59. The van der Waals surface area contributed by atoms with E-state index in [1.165, 1.54) is 28.2 Å². The zero-order valence-electron chi connectivity index (χ0n) is 14.7. The van der Waals surface area contributed by atoms with Crippen LogP contribution < -0.4 is 10.2 Å². The fourth-order valence-corrected chi connectivity index (χ4v) is 3.14. The first kappa shape index (κ1) is 17.8. The Bertz CT molecular complexity index is 847. The lowest BCUT2D eigenvalue weighted by molar-refractivity contribution is -0.886. The maximum absolute atomic E-state index is 12.3. The molecule has 1 aliphatic rings. The summed E-state index contributed by atoms with van der Waals surface area (Å²) in [5.74, 6) is -0.125. The summed E-state index contributed by atoms with van der Waals surface area (Å²) >= 11 is 0. The van der Waals surface area contributed by atoms with Gasteiger partial charge in [-0.2, -0.15) is 0 Å². The van der Waals surface area contributed by atoms with E-state index in [0.717, 1.165) is 25.1 Å². The Labute approximate surface area is 152 Å². The highest BCUT2D eigenvalue weighted by atomic mass is 16.6. The van der Waals surface area contributed by atoms with Gasteiger partial charge in [0, 0.05) is 18.6 Å². The van der Waals surface area contributed by atoms with Crippen molar-refractivity contribution in [2.24, 2.45) is 0 Å². The van der Waals surface area contributed by atoms with Crippen LogP contribution in [0.2, 0.25) is 0 Å². The molecule has 0 radical (unpaired) electrons. The first-order chi connectivity index (χ1) is 12.5. The molecule has 1 heterocycles. The predicted octanol–water partition coefficient (Wildman–Crippen LogP) is 2.21. The highest BCUT2D eigenvalue weighted by Crippen LogP contribution is 2.21. The number of hydrogen-bond acceptors (Lipinski definition) is 3. The number of nitro groups is 1. The Morgan fingerprint density at radius 3 is 2.65 bits per heavy atom. The van der Waals surface area contributed by atoms with Gasteiger partial charge in [-0.1, -0.05) is 36.4 Å². The lowest BCUT2D eigenvalue weighted by Gasteiger charge is -2.23. The van der Waals surface area contributed by atoms with E-state index in [1.54, 1.807) is 6.07 Å². The molecule has 0 bridgehead atoms. The van der Waals surface area contributed by atoms with Crippen LogP contribution >= 0.6 is 0 Å². The van der Waals surface area contributed by atoms with Gasteiger partial charge >= 0.3 is 0 Å². The summed E-state index contributed by atoms with van der Waals surface area (Å²) in [6, 6.07) is 14.8. The summed E-state index contributed by atoms with van der Waals surface area (Å²) in [5.41, 5.74) is 3.85. The van der Waals surface area contributed by atoms with E-state index < -0.39 is 4.92 Å². The maximum Gasteiger partial charge on any atom is 0.279 e. The third-order valence-electron chi connectivity index (χ3n) is 4.65. The number of carbonyl (C=O) groups excluding carboxylic acids is 1.